The number of benzene rings is 2. The summed E-state index contributed by atoms with van der Waals surface area (Å²) in [4.78, 5) is 59.8. The SMILES string of the molecule is O=C(C(=O)C(F)(F)F)C(F)(F)F.O=C(Nc1ccc2cc1CCc1cccc(c1)Nc1ncc(Cl)c(n1)N2)C1CCN(C(=O)Nc2ccc(Cl)nc2)CC1. The molecule has 3 amide bonds. The molecule has 0 unspecified atom stereocenters. The minimum Gasteiger partial charge on any atom is -0.339 e. The predicted octanol–water partition coefficient (Wildman–Crippen LogP) is 7.90. The first-order chi connectivity index (χ1) is 25.5. The number of fused-ring (bicyclic) bond motifs is 6. The van der Waals surface area contributed by atoms with Gasteiger partial charge in [-0.2, -0.15) is 31.3 Å². The number of halogens is 8. The maximum absolute atomic E-state index is 13.4. The third kappa shape index (κ3) is 10.6. The minimum absolute atomic E-state index is 0.0495. The van der Waals surface area contributed by atoms with Crippen LogP contribution in [0.1, 0.15) is 24.0 Å². The van der Waals surface area contributed by atoms with Crippen LogP contribution in [0.2, 0.25) is 10.2 Å². The molecule has 2 aliphatic rings. The Morgan fingerprint density at radius 3 is 2.11 bits per heavy atom. The molecule has 1 fully saturated rings. The summed E-state index contributed by atoms with van der Waals surface area (Å²) in [6, 6.07) is 17.0. The van der Waals surface area contributed by atoms with E-state index >= 15 is 0 Å². The molecule has 1 saturated heterocycles. The molecular formula is C34H28Cl2F6N8O4. The van der Waals surface area contributed by atoms with Crippen LogP contribution in [0.15, 0.2) is 67.0 Å². The van der Waals surface area contributed by atoms with Crippen molar-refractivity contribution in [2.24, 2.45) is 5.92 Å². The number of carbonyl (C=O) groups is 4. The third-order valence-electron chi connectivity index (χ3n) is 8.09. The third-order valence-corrected chi connectivity index (χ3v) is 8.59. The Morgan fingerprint density at radius 2 is 1.46 bits per heavy atom. The maximum atomic E-state index is 13.4. The summed E-state index contributed by atoms with van der Waals surface area (Å²) in [5.41, 5.74) is 5.15. The van der Waals surface area contributed by atoms with E-state index in [2.05, 4.69) is 48.4 Å². The van der Waals surface area contributed by atoms with Crippen LogP contribution in [-0.4, -0.2) is 68.8 Å². The number of hydrogen-bond acceptors (Lipinski definition) is 9. The zero-order valence-corrected chi connectivity index (χ0v) is 29.1. The van der Waals surface area contributed by atoms with E-state index in [0.717, 1.165) is 34.6 Å². The second-order valence-corrected chi connectivity index (χ2v) is 12.7. The molecule has 2 aliphatic heterocycles. The Morgan fingerprint density at radius 1 is 0.778 bits per heavy atom. The molecule has 6 bridgehead atoms. The van der Waals surface area contributed by atoms with E-state index in [4.69, 9.17) is 23.2 Å². The molecule has 6 rings (SSSR count). The molecule has 4 N–H and O–H groups in total. The van der Waals surface area contributed by atoms with Gasteiger partial charge in [-0.25, -0.2) is 14.8 Å². The molecule has 2 aromatic heterocycles. The van der Waals surface area contributed by atoms with Gasteiger partial charge in [-0.05, 0) is 79.3 Å². The van der Waals surface area contributed by atoms with Gasteiger partial charge in [0.15, 0.2) is 5.82 Å². The summed E-state index contributed by atoms with van der Waals surface area (Å²) in [6.07, 6.45) is -5.84. The largest absolute Gasteiger partial charge is 0.458 e. The van der Waals surface area contributed by atoms with Gasteiger partial charge >= 0.3 is 30.0 Å². The van der Waals surface area contributed by atoms with Crippen molar-refractivity contribution in [1.82, 2.24) is 19.9 Å². The molecule has 0 atom stereocenters. The molecule has 4 aromatic rings. The number of rotatable bonds is 4. The highest BCUT2D eigenvalue weighted by Gasteiger charge is 2.54. The van der Waals surface area contributed by atoms with Crippen LogP contribution in [0.5, 0.6) is 0 Å². The lowest BCUT2D eigenvalue weighted by atomic mass is 9.95. The van der Waals surface area contributed by atoms with Crippen molar-refractivity contribution < 1.29 is 45.5 Å². The Balaban J connectivity index is 0.000000404. The summed E-state index contributed by atoms with van der Waals surface area (Å²) in [6.45, 7) is 0.958. The molecule has 0 saturated carbocycles. The summed E-state index contributed by atoms with van der Waals surface area (Å²) in [5, 5.41) is 13.3. The zero-order valence-electron chi connectivity index (χ0n) is 27.6. The number of Topliss-reactive ketones (excluding diaryl/α,β-unsaturated/α-hetero) is 2. The van der Waals surface area contributed by atoms with Gasteiger partial charge < -0.3 is 26.2 Å². The number of piperidine rings is 1. The Bertz CT molecular complexity index is 2020. The fourth-order valence-corrected chi connectivity index (χ4v) is 5.60. The second kappa shape index (κ2) is 16.7. The van der Waals surface area contributed by atoms with Crippen LogP contribution in [0, 0.1) is 5.92 Å². The highest BCUT2D eigenvalue weighted by atomic mass is 35.5. The monoisotopic (exact) mass is 796 g/mol. The molecule has 0 spiro atoms. The Hall–Kier alpha value is -5.49. The van der Waals surface area contributed by atoms with Crippen LogP contribution in [-0.2, 0) is 27.2 Å². The van der Waals surface area contributed by atoms with Crippen molar-refractivity contribution in [3.05, 3.63) is 88.3 Å². The van der Waals surface area contributed by atoms with Gasteiger partial charge in [-0.15, -0.1) is 0 Å². The van der Waals surface area contributed by atoms with Gasteiger partial charge in [0.1, 0.15) is 10.2 Å². The van der Waals surface area contributed by atoms with E-state index < -0.39 is 23.9 Å². The number of nitrogens with one attached hydrogen (secondary N) is 4. The summed E-state index contributed by atoms with van der Waals surface area (Å²) in [7, 11) is 0. The number of ketones is 2. The molecule has 284 valence electrons. The number of carbonyl (C=O) groups excluding carboxylic acids is 4. The number of alkyl halides is 6. The van der Waals surface area contributed by atoms with Gasteiger partial charge in [0.05, 0.1) is 18.1 Å². The molecule has 12 nitrogen and oxygen atoms in total. The lowest BCUT2D eigenvalue weighted by Gasteiger charge is -2.31. The fraction of sp³-hybridized carbons (Fsp3) is 0.265. The standard InChI is InChI=1S/C30H28Cl2N8O2.C4F6O2/c31-24-17-34-29-36-21-3-1-2-18(14-21)4-5-20-15-22(35-27(24)39-29)6-8-25(20)38-28(41)19-10-12-40(13-11-19)30(42)37-23-7-9-26(32)33-16-23;5-3(6,7)1(11)2(12)4(8,9)10/h1-3,6-9,14-17,19H,4-5,10-13H2,(H,37,42)(H,38,41)(H2,34,35,36,39);. The average molecular weight is 798 g/mol. The van der Waals surface area contributed by atoms with Gasteiger partial charge in [0.25, 0.3) is 0 Å². The summed E-state index contributed by atoms with van der Waals surface area (Å²) >= 11 is 12.2. The van der Waals surface area contributed by atoms with Crippen LogP contribution in [0.4, 0.5) is 65.7 Å². The fourth-order valence-electron chi connectivity index (χ4n) is 5.35. The number of urea groups is 1. The predicted molar refractivity (Wildman–Crippen MR) is 187 cm³/mol. The van der Waals surface area contributed by atoms with E-state index in [0.29, 0.717) is 60.0 Å². The lowest BCUT2D eigenvalue weighted by molar-refractivity contribution is -0.193. The first-order valence-corrected chi connectivity index (χ1v) is 16.7. The number of likely N-dealkylation sites (tertiary alicyclic amines) is 1. The molecular weight excluding hydrogens is 769 g/mol. The van der Waals surface area contributed by atoms with Crippen LogP contribution >= 0.6 is 23.2 Å². The molecule has 0 radical (unpaired) electrons. The van der Waals surface area contributed by atoms with Gasteiger partial charge in [-0.3, -0.25) is 14.4 Å². The van der Waals surface area contributed by atoms with Crippen molar-refractivity contribution in [2.75, 3.05) is 34.4 Å². The Labute approximate surface area is 312 Å². The Kier molecular flexibility index (Phi) is 12.3. The van der Waals surface area contributed by atoms with Gasteiger partial charge in [-0.1, -0.05) is 35.3 Å². The second-order valence-electron chi connectivity index (χ2n) is 11.9. The highest BCUT2D eigenvalue weighted by Crippen LogP contribution is 2.31. The molecule has 54 heavy (non-hydrogen) atoms. The van der Waals surface area contributed by atoms with Crippen molar-refractivity contribution in [1.29, 1.82) is 0 Å². The maximum Gasteiger partial charge on any atom is 0.458 e. The number of anilines is 6. The van der Waals surface area contributed by atoms with Crippen molar-refractivity contribution in [2.45, 2.75) is 38.0 Å². The molecule has 4 heterocycles. The first-order valence-electron chi connectivity index (χ1n) is 16.0. The van der Waals surface area contributed by atoms with Crippen LogP contribution < -0.4 is 21.3 Å². The van der Waals surface area contributed by atoms with E-state index in [1.54, 1.807) is 23.2 Å². The van der Waals surface area contributed by atoms with Crippen LogP contribution in [0.25, 0.3) is 0 Å². The van der Waals surface area contributed by atoms with E-state index in [-0.39, 0.29) is 17.9 Å². The van der Waals surface area contributed by atoms with E-state index in [1.165, 1.54) is 6.20 Å². The van der Waals surface area contributed by atoms with Crippen molar-refractivity contribution >= 4 is 81.2 Å². The topological polar surface area (TPSA) is 158 Å². The van der Waals surface area contributed by atoms with E-state index in [1.807, 2.05) is 30.3 Å². The average Bonchev–Trinajstić information content (AvgIpc) is 3.13. The van der Waals surface area contributed by atoms with Crippen LogP contribution in [0.3, 0.4) is 0 Å². The van der Waals surface area contributed by atoms with Gasteiger partial charge in [0, 0.05) is 36.1 Å². The molecule has 20 heteroatoms. The number of aryl methyl sites for hydroxylation is 2. The molecule has 2 aromatic carbocycles. The minimum atomic E-state index is -5.77. The normalized spacial score (nSPS) is 14.3. The number of pyridine rings is 1. The zero-order chi connectivity index (χ0) is 39.2. The number of aromatic nitrogens is 3. The van der Waals surface area contributed by atoms with Crippen molar-refractivity contribution in [3.63, 3.8) is 0 Å². The van der Waals surface area contributed by atoms with Gasteiger partial charge in [0.2, 0.25) is 11.9 Å². The first kappa shape index (κ1) is 39.7. The van der Waals surface area contributed by atoms with E-state index in [9.17, 15) is 45.5 Å². The lowest BCUT2D eigenvalue weighted by Crippen LogP contribution is -2.43. The smallest absolute Gasteiger partial charge is 0.339 e. The number of hydrogen-bond donors (Lipinski definition) is 4. The summed E-state index contributed by atoms with van der Waals surface area (Å²) < 4.78 is 67.0. The summed E-state index contributed by atoms with van der Waals surface area (Å²) in [5.74, 6) is -6.15. The molecule has 0 aliphatic carbocycles. The number of nitrogens with zero attached hydrogens (tertiary/aromatic N) is 4. The quantitative estimate of drug-likeness (QED) is 0.0916. The van der Waals surface area contributed by atoms with Crippen molar-refractivity contribution in [3.8, 4) is 0 Å². The highest BCUT2D eigenvalue weighted by molar-refractivity contribution is 6.41. The number of amides is 3.